The van der Waals surface area contributed by atoms with Gasteiger partial charge in [-0.1, -0.05) is 37.6 Å². The van der Waals surface area contributed by atoms with Crippen molar-refractivity contribution in [3.8, 4) is 16.9 Å². The summed E-state index contributed by atoms with van der Waals surface area (Å²) in [6.45, 7) is 10.1. The van der Waals surface area contributed by atoms with E-state index in [0.717, 1.165) is 24.3 Å². The number of nitrogens with one attached hydrogen (secondary N) is 1. The zero-order chi connectivity index (χ0) is 25.6. The smallest absolute Gasteiger partial charge is 0.349 e. The van der Waals surface area contributed by atoms with Gasteiger partial charge in [0.25, 0.3) is 0 Å². The van der Waals surface area contributed by atoms with Crippen LogP contribution in [0.5, 0.6) is 0 Å². The van der Waals surface area contributed by atoms with Crippen LogP contribution in [0.25, 0.3) is 28.1 Å². The third-order valence-electron chi connectivity index (χ3n) is 6.48. The molecule has 0 bridgehead atoms. The molecule has 0 amide bonds. The molecule has 3 aromatic heterocycles. The van der Waals surface area contributed by atoms with Crippen molar-refractivity contribution in [2.45, 2.75) is 39.7 Å². The maximum atomic E-state index is 14.8. The average Bonchev–Trinajstić information content (AvgIpc) is 2.85. The summed E-state index contributed by atoms with van der Waals surface area (Å²) < 4.78 is 16.2. The second-order valence-corrected chi connectivity index (χ2v) is 9.69. The third-order valence-corrected chi connectivity index (χ3v) is 6.74. The summed E-state index contributed by atoms with van der Waals surface area (Å²) in [5.74, 6) is -0.0317. The fourth-order valence-corrected chi connectivity index (χ4v) is 4.89. The molecular weight excluding hydrogens is 481 g/mol. The number of benzene rings is 1. The fraction of sp³-hybridized carbons (Fsp3) is 0.346. The number of piperazine rings is 1. The number of rotatable bonds is 4. The van der Waals surface area contributed by atoms with Crippen LogP contribution in [0.2, 0.25) is 5.15 Å². The van der Waals surface area contributed by atoms with E-state index in [1.807, 2.05) is 31.7 Å². The highest BCUT2D eigenvalue weighted by Gasteiger charge is 2.28. The molecule has 1 aliphatic heterocycles. The van der Waals surface area contributed by atoms with Gasteiger partial charge in [-0.25, -0.2) is 23.7 Å². The van der Waals surface area contributed by atoms with E-state index in [-0.39, 0.29) is 34.0 Å². The van der Waals surface area contributed by atoms with Crippen LogP contribution in [0.1, 0.15) is 37.9 Å². The van der Waals surface area contributed by atoms with Gasteiger partial charge in [0.2, 0.25) is 0 Å². The molecular formula is C26H27ClFN7O. The van der Waals surface area contributed by atoms with Gasteiger partial charge < -0.3 is 10.2 Å². The fourth-order valence-electron chi connectivity index (χ4n) is 4.66. The molecule has 5 rings (SSSR count). The van der Waals surface area contributed by atoms with Crippen LogP contribution in [0, 0.1) is 12.7 Å². The Kier molecular flexibility index (Phi) is 6.44. The lowest BCUT2D eigenvalue weighted by atomic mass is 10.0. The molecule has 0 aliphatic carbocycles. The van der Waals surface area contributed by atoms with Gasteiger partial charge in [-0.15, -0.1) is 0 Å². The Bertz CT molecular complexity index is 1520. The summed E-state index contributed by atoms with van der Waals surface area (Å²) in [6, 6.07) is 8.15. The zero-order valence-corrected chi connectivity index (χ0v) is 21.3. The second-order valence-electron chi connectivity index (χ2n) is 9.33. The molecule has 4 aromatic rings. The monoisotopic (exact) mass is 507 g/mol. The molecule has 0 saturated carbocycles. The van der Waals surface area contributed by atoms with Crippen molar-refractivity contribution in [2.24, 2.45) is 0 Å². The summed E-state index contributed by atoms with van der Waals surface area (Å²) >= 11 is 6.61. The number of aryl methyl sites for hydroxylation is 1. The maximum absolute atomic E-state index is 14.8. The zero-order valence-electron chi connectivity index (χ0n) is 20.6. The minimum Gasteiger partial charge on any atom is -0.349 e. The molecule has 1 fully saturated rings. The van der Waals surface area contributed by atoms with Crippen LogP contribution >= 0.6 is 11.6 Å². The van der Waals surface area contributed by atoms with Gasteiger partial charge in [0.05, 0.1) is 11.4 Å². The van der Waals surface area contributed by atoms with Crippen LogP contribution in [0.4, 0.5) is 10.2 Å². The van der Waals surface area contributed by atoms with Crippen molar-refractivity contribution in [3.05, 3.63) is 69.2 Å². The van der Waals surface area contributed by atoms with E-state index >= 15 is 0 Å². The molecule has 0 radical (unpaired) electrons. The van der Waals surface area contributed by atoms with Crippen molar-refractivity contribution in [3.63, 3.8) is 0 Å². The quantitative estimate of drug-likeness (QED) is 0.441. The van der Waals surface area contributed by atoms with E-state index in [4.69, 9.17) is 16.6 Å². The van der Waals surface area contributed by atoms with E-state index < -0.39 is 11.5 Å². The van der Waals surface area contributed by atoms with Gasteiger partial charge in [0, 0.05) is 37.4 Å². The highest BCUT2D eigenvalue weighted by molar-refractivity contribution is 6.32. The first-order valence-electron chi connectivity index (χ1n) is 12.0. The van der Waals surface area contributed by atoms with E-state index in [1.165, 1.54) is 10.6 Å². The Morgan fingerprint density at radius 3 is 2.67 bits per heavy atom. The molecule has 10 heteroatoms. The van der Waals surface area contributed by atoms with Crippen molar-refractivity contribution in [1.82, 2.24) is 29.8 Å². The first-order valence-corrected chi connectivity index (χ1v) is 12.3. The summed E-state index contributed by atoms with van der Waals surface area (Å²) in [5.41, 5.74) is 2.68. The molecule has 36 heavy (non-hydrogen) atoms. The van der Waals surface area contributed by atoms with Crippen molar-refractivity contribution in [2.75, 3.05) is 24.5 Å². The molecule has 1 aliphatic rings. The first-order chi connectivity index (χ1) is 17.3. The highest BCUT2D eigenvalue weighted by atomic mass is 35.5. The molecule has 1 atom stereocenters. The normalized spacial score (nSPS) is 16.2. The van der Waals surface area contributed by atoms with Gasteiger partial charge in [0.15, 0.2) is 22.1 Å². The SMILES string of the molecule is Cc1ccnc(C(C)C)c1-n1c(=O)nc(N2CCNCC2C)c2nc(Cl)c(-c3ccccc3F)nc21. The molecule has 1 N–H and O–H groups in total. The Morgan fingerprint density at radius 1 is 1.17 bits per heavy atom. The number of pyridine rings is 1. The lowest BCUT2D eigenvalue weighted by Gasteiger charge is -2.35. The lowest BCUT2D eigenvalue weighted by Crippen LogP contribution is -2.51. The van der Waals surface area contributed by atoms with Gasteiger partial charge in [-0.2, -0.15) is 4.98 Å². The number of hydrogen-bond acceptors (Lipinski definition) is 7. The van der Waals surface area contributed by atoms with E-state index in [2.05, 4.69) is 27.2 Å². The Hall–Kier alpha value is -3.43. The third kappa shape index (κ3) is 4.12. The van der Waals surface area contributed by atoms with Crippen molar-refractivity contribution in [1.29, 1.82) is 0 Å². The number of nitrogens with zero attached hydrogens (tertiary/aromatic N) is 6. The molecule has 4 heterocycles. The number of anilines is 1. The number of aromatic nitrogens is 5. The van der Waals surface area contributed by atoms with Crippen LogP contribution in [-0.2, 0) is 0 Å². The van der Waals surface area contributed by atoms with Crippen molar-refractivity contribution >= 4 is 28.6 Å². The molecule has 0 spiro atoms. The topological polar surface area (TPSA) is 88.8 Å². The molecule has 1 unspecified atom stereocenters. The highest BCUT2D eigenvalue weighted by Crippen LogP contribution is 2.33. The van der Waals surface area contributed by atoms with Crippen LogP contribution in [-0.4, -0.2) is 50.2 Å². The lowest BCUT2D eigenvalue weighted by molar-refractivity contribution is 0.497. The van der Waals surface area contributed by atoms with E-state index in [9.17, 15) is 9.18 Å². The molecule has 8 nitrogen and oxygen atoms in total. The predicted octanol–water partition coefficient (Wildman–Crippen LogP) is 4.26. The minimum absolute atomic E-state index is 0.0287. The standard InChI is InChI=1S/C26H27ClFN7O/c1-14(2)19-22(15(3)9-10-30-19)35-25-21(24(33-26(35)36)34-12-11-29-13-16(34)4)31-23(27)20(32-25)17-7-5-6-8-18(17)28/h5-10,14,16,29H,11-13H2,1-4H3. The van der Waals surface area contributed by atoms with Crippen LogP contribution in [0.15, 0.2) is 41.3 Å². The predicted molar refractivity (Wildman–Crippen MR) is 140 cm³/mol. The van der Waals surface area contributed by atoms with Crippen LogP contribution < -0.4 is 15.9 Å². The summed E-state index contributed by atoms with van der Waals surface area (Å²) in [4.78, 5) is 34.3. The van der Waals surface area contributed by atoms with Gasteiger partial charge in [0.1, 0.15) is 11.5 Å². The first kappa shape index (κ1) is 24.3. The van der Waals surface area contributed by atoms with Gasteiger partial charge >= 0.3 is 5.69 Å². The Labute approximate surface area is 213 Å². The Balaban J connectivity index is 1.90. The summed E-state index contributed by atoms with van der Waals surface area (Å²) in [5, 5.41) is 3.38. The average molecular weight is 508 g/mol. The molecule has 186 valence electrons. The largest absolute Gasteiger partial charge is 0.356 e. The summed E-state index contributed by atoms with van der Waals surface area (Å²) in [6.07, 6.45) is 1.72. The number of halogens is 2. The van der Waals surface area contributed by atoms with E-state index in [0.29, 0.717) is 23.6 Å². The second kappa shape index (κ2) is 9.55. The van der Waals surface area contributed by atoms with Crippen LogP contribution in [0.3, 0.4) is 0 Å². The molecule has 1 saturated heterocycles. The summed E-state index contributed by atoms with van der Waals surface area (Å²) in [7, 11) is 0. The molecule has 1 aromatic carbocycles. The number of hydrogen-bond donors (Lipinski definition) is 1. The van der Waals surface area contributed by atoms with E-state index in [1.54, 1.807) is 24.4 Å². The van der Waals surface area contributed by atoms with Crippen molar-refractivity contribution < 1.29 is 4.39 Å². The number of fused-ring (bicyclic) bond motifs is 1. The Morgan fingerprint density at radius 2 is 1.94 bits per heavy atom. The maximum Gasteiger partial charge on any atom is 0.356 e. The van der Waals surface area contributed by atoms with Gasteiger partial charge in [-0.3, -0.25) is 4.98 Å². The van der Waals surface area contributed by atoms with Gasteiger partial charge in [-0.05, 0) is 43.5 Å². The minimum atomic E-state index is -0.502.